The second kappa shape index (κ2) is 6.39. The maximum atomic E-state index is 12.2. The van der Waals surface area contributed by atoms with Crippen LogP contribution in [0.1, 0.15) is 20.3 Å². The highest BCUT2D eigenvalue weighted by atomic mass is 19.4. The van der Waals surface area contributed by atoms with Crippen LogP contribution in [0.15, 0.2) is 0 Å². The summed E-state index contributed by atoms with van der Waals surface area (Å²) in [6, 6.07) is -0.811. The molecule has 1 aromatic rings. The molecule has 2 N–H and O–H groups in total. The summed E-state index contributed by atoms with van der Waals surface area (Å²) in [5.74, 6) is 0.288. The summed E-state index contributed by atoms with van der Waals surface area (Å²) in [6.07, 6.45) is -5.22. The zero-order valence-corrected chi connectivity index (χ0v) is 10.9. The third-order valence-electron chi connectivity index (χ3n) is 2.05. The first-order valence-electron chi connectivity index (χ1n) is 5.71. The molecule has 0 saturated carbocycles. The van der Waals surface area contributed by atoms with Crippen molar-refractivity contribution in [3.8, 4) is 6.01 Å². The van der Waals surface area contributed by atoms with E-state index in [1.165, 1.54) is 14.0 Å². The van der Waals surface area contributed by atoms with Crippen LogP contribution in [0.2, 0.25) is 0 Å². The molecule has 1 rings (SSSR count). The molecule has 1 aromatic heterocycles. The fourth-order valence-corrected chi connectivity index (χ4v) is 1.37. The van der Waals surface area contributed by atoms with Crippen LogP contribution in [0, 0.1) is 0 Å². The maximum absolute atomic E-state index is 12.2. The Balaban J connectivity index is 2.79. The van der Waals surface area contributed by atoms with Gasteiger partial charge in [0, 0.05) is 12.6 Å². The van der Waals surface area contributed by atoms with E-state index >= 15 is 0 Å². The van der Waals surface area contributed by atoms with E-state index in [-0.39, 0.29) is 17.9 Å². The van der Waals surface area contributed by atoms with E-state index in [1.54, 1.807) is 0 Å². The number of nitrogens with one attached hydrogen (secondary N) is 2. The van der Waals surface area contributed by atoms with Crippen molar-refractivity contribution in [3.05, 3.63) is 0 Å². The number of hydrogen-bond donors (Lipinski definition) is 2. The van der Waals surface area contributed by atoms with E-state index in [2.05, 4.69) is 25.6 Å². The molecular formula is C10H16F3N5O. The number of hydrogen-bond acceptors (Lipinski definition) is 6. The van der Waals surface area contributed by atoms with Gasteiger partial charge in [-0.25, -0.2) is 0 Å². The average molecular weight is 279 g/mol. The molecule has 0 radical (unpaired) electrons. The molecule has 0 aliphatic carbocycles. The van der Waals surface area contributed by atoms with Gasteiger partial charge < -0.3 is 15.4 Å². The summed E-state index contributed by atoms with van der Waals surface area (Å²) in [4.78, 5) is 11.7. The van der Waals surface area contributed by atoms with Gasteiger partial charge in [0.1, 0.15) is 0 Å². The quantitative estimate of drug-likeness (QED) is 0.830. The van der Waals surface area contributed by atoms with Gasteiger partial charge in [-0.1, -0.05) is 0 Å². The number of nitrogens with zero attached hydrogens (tertiary/aromatic N) is 3. The molecular weight excluding hydrogens is 263 g/mol. The highest BCUT2D eigenvalue weighted by molar-refractivity contribution is 5.36. The van der Waals surface area contributed by atoms with Gasteiger partial charge >= 0.3 is 12.2 Å². The largest absolute Gasteiger partial charge is 0.467 e. The fourth-order valence-electron chi connectivity index (χ4n) is 1.37. The summed E-state index contributed by atoms with van der Waals surface area (Å²) in [6.45, 7) is 3.82. The minimum atomic E-state index is -4.24. The molecule has 0 aliphatic rings. The summed E-state index contributed by atoms with van der Waals surface area (Å²) >= 11 is 0. The Morgan fingerprint density at radius 1 is 1.21 bits per heavy atom. The van der Waals surface area contributed by atoms with Crippen molar-refractivity contribution in [2.24, 2.45) is 0 Å². The van der Waals surface area contributed by atoms with Crippen molar-refractivity contribution in [2.75, 3.05) is 24.3 Å². The van der Waals surface area contributed by atoms with Gasteiger partial charge in [0.15, 0.2) is 0 Å². The molecule has 1 atom stereocenters. The lowest BCUT2D eigenvalue weighted by atomic mass is 10.2. The molecule has 0 amide bonds. The molecule has 0 bridgehead atoms. The monoisotopic (exact) mass is 279 g/mol. The first-order valence-corrected chi connectivity index (χ1v) is 5.71. The molecule has 19 heavy (non-hydrogen) atoms. The first kappa shape index (κ1) is 15.3. The average Bonchev–Trinajstić information content (AvgIpc) is 2.26. The molecule has 9 heteroatoms. The van der Waals surface area contributed by atoms with Crippen LogP contribution in [0.4, 0.5) is 25.1 Å². The zero-order chi connectivity index (χ0) is 14.5. The molecule has 6 nitrogen and oxygen atoms in total. The molecule has 108 valence electrons. The van der Waals surface area contributed by atoms with E-state index < -0.39 is 18.6 Å². The van der Waals surface area contributed by atoms with Crippen LogP contribution in [0.3, 0.4) is 0 Å². The van der Waals surface area contributed by atoms with Crippen molar-refractivity contribution in [1.82, 2.24) is 15.0 Å². The number of aromatic nitrogens is 3. The van der Waals surface area contributed by atoms with Crippen molar-refractivity contribution >= 4 is 11.9 Å². The van der Waals surface area contributed by atoms with Gasteiger partial charge in [0.05, 0.1) is 13.5 Å². The summed E-state index contributed by atoms with van der Waals surface area (Å²) in [5.41, 5.74) is 0. The number of rotatable bonds is 6. The van der Waals surface area contributed by atoms with Crippen LogP contribution in [-0.4, -0.2) is 40.8 Å². The highest BCUT2D eigenvalue weighted by Crippen LogP contribution is 2.23. The lowest BCUT2D eigenvalue weighted by molar-refractivity contribution is -0.136. The van der Waals surface area contributed by atoms with Crippen molar-refractivity contribution < 1.29 is 17.9 Å². The Hall–Kier alpha value is -1.80. The molecule has 0 fully saturated rings. The predicted octanol–water partition coefficient (Wildman–Crippen LogP) is 2.06. The molecule has 1 unspecified atom stereocenters. The van der Waals surface area contributed by atoms with Crippen molar-refractivity contribution in [3.63, 3.8) is 0 Å². The van der Waals surface area contributed by atoms with Gasteiger partial charge in [0.25, 0.3) is 0 Å². The lowest BCUT2D eigenvalue weighted by Gasteiger charge is -2.16. The van der Waals surface area contributed by atoms with Gasteiger partial charge in [-0.2, -0.15) is 28.1 Å². The van der Waals surface area contributed by atoms with E-state index in [0.717, 1.165) is 0 Å². The van der Waals surface area contributed by atoms with Gasteiger partial charge in [0.2, 0.25) is 11.9 Å². The van der Waals surface area contributed by atoms with Crippen LogP contribution < -0.4 is 15.4 Å². The van der Waals surface area contributed by atoms with Gasteiger partial charge in [-0.05, 0) is 13.8 Å². The highest BCUT2D eigenvalue weighted by Gasteiger charge is 2.30. The van der Waals surface area contributed by atoms with Crippen LogP contribution >= 0.6 is 0 Å². The molecule has 0 aliphatic heterocycles. The predicted molar refractivity (Wildman–Crippen MR) is 64.3 cm³/mol. The third-order valence-corrected chi connectivity index (χ3v) is 2.05. The van der Waals surface area contributed by atoms with Gasteiger partial charge in [-0.3, -0.25) is 0 Å². The summed E-state index contributed by atoms with van der Waals surface area (Å²) in [5, 5.41) is 5.41. The number of anilines is 2. The molecule has 0 spiro atoms. The summed E-state index contributed by atoms with van der Waals surface area (Å²) < 4.78 is 41.5. The lowest BCUT2D eigenvalue weighted by Crippen LogP contribution is -2.25. The standard InChI is InChI=1S/C10H16F3N5O/c1-4-14-7-16-8(18-9(17-7)19-3)15-6(2)5-10(11,12)13/h6H,4-5H2,1-3H3,(H2,14,15,16,17,18). The number of methoxy groups -OCH3 is 1. The van der Waals surface area contributed by atoms with Crippen molar-refractivity contribution in [2.45, 2.75) is 32.5 Å². The Labute approximate surface area is 108 Å². The number of ether oxygens (including phenoxy) is 1. The molecule has 0 aromatic carbocycles. The minimum absolute atomic E-state index is 0.0349. The molecule has 0 saturated heterocycles. The van der Waals surface area contributed by atoms with E-state index in [4.69, 9.17) is 4.74 Å². The van der Waals surface area contributed by atoms with E-state index in [9.17, 15) is 13.2 Å². The van der Waals surface area contributed by atoms with Crippen molar-refractivity contribution in [1.29, 1.82) is 0 Å². The van der Waals surface area contributed by atoms with Crippen LogP contribution in [-0.2, 0) is 0 Å². The van der Waals surface area contributed by atoms with E-state index in [1.807, 2.05) is 6.92 Å². The topological polar surface area (TPSA) is 72.0 Å². The first-order chi connectivity index (χ1) is 8.84. The number of halogens is 3. The zero-order valence-electron chi connectivity index (χ0n) is 10.9. The normalized spacial score (nSPS) is 12.9. The Morgan fingerprint density at radius 3 is 2.37 bits per heavy atom. The fraction of sp³-hybridized carbons (Fsp3) is 0.700. The smallest absolute Gasteiger partial charge is 0.391 e. The molecule has 1 heterocycles. The Bertz CT molecular complexity index is 413. The Morgan fingerprint density at radius 2 is 1.84 bits per heavy atom. The minimum Gasteiger partial charge on any atom is -0.467 e. The third kappa shape index (κ3) is 5.58. The van der Waals surface area contributed by atoms with Crippen LogP contribution in [0.5, 0.6) is 6.01 Å². The Kier molecular flexibility index (Phi) is 5.13. The van der Waals surface area contributed by atoms with Gasteiger partial charge in [-0.15, -0.1) is 0 Å². The second-order valence-corrected chi connectivity index (χ2v) is 3.86. The summed E-state index contributed by atoms with van der Waals surface area (Å²) in [7, 11) is 1.37. The van der Waals surface area contributed by atoms with Crippen LogP contribution in [0.25, 0.3) is 0 Å². The maximum Gasteiger partial charge on any atom is 0.391 e. The SMILES string of the molecule is CCNc1nc(NC(C)CC(F)(F)F)nc(OC)n1. The second-order valence-electron chi connectivity index (χ2n) is 3.86. The number of alkyl halides is 3. The van der Waals surface area contributed by atoms with E-state index in [0.29, 0.717) is 6.54 Å².